The number of rotatable bonds is 6. The van der Waals surface area contributed by atoms with Crippen LogP contribution in [0.4, 0.5) is 0 Å². The first-order valence-electron chi connectivity index (χ1n) is 7.90. The predicted molar refractivity (Wildman–Crippen MR) is 85.4 cm³/mol. The van der Waals surface area contributed by atoms with Gasteiger partial charge in [-0.25, -0.2) is 9.78 Å². The summed E-state index contributed by atoms with van der Waals surface area (Å²) < 4.78 is 12.5. The van der Waals surface area contributed by atoms with Crippen LogP contribution < -0.4 is 0 Å². The van der Waals surface area contributed by atoms with Gasteiger partial charge in [0.2, 0.25) is 0 Å². The first-order valence-corrected chi connectivity index (χ1v) is 7.90. The maximum Gasteiger partial charge on any atom is 0.332 e. The number of carbonyl (C=O) groups is 1. The molecule has 3 rings (SSSR count). The number of aliphatic carboxylic acids is 1. The molecule has 6 nitrogen and oxygen atoms in total. The zero-order chi connectivity index (χ0) is 16.3. The molecule has 124 valence electrons. The highest BCUT2D eigenvalue weighted by Gasteiger charge is 2.43. The molecule has 0 saturated carbocycles. The standard InChI is InChI=1S/C17H22N2O4/c1-22-11-17(16(20)21,10-13-6-8-23-9-7-13)19-12-18-14-4-2-3-5-15(14)19/h2-5,12-13H,6-11H2,1H3,(H,20,21). The number of hydrogen-bond acceptors (Lipinski definition) is 4. The van der Waals surface area contributed by atoms with E-state index in [0.29, 0.717) is 25.6 Å². The molecule has 1 atom stereocenters. The molecule has 1 aliphatic heterocycles. The van der Waals surface area contributed by atoms with Crippen molar-refractivity contribution in [3.05, 3.63) is 30.6 Å². The average Bonchev–Trinajstić information content (AvgIpc) is 2.99. The van der Waals surface area contributed by atoms with E-state index in [1.54, 1.807) is 18.0 Å². The number of benzene rings is 1. The van der Waals surface area contributed by atoms with Gasteiger partial charge in [0.25, 0.3) is 0 Å². The summed E-state index contributed by atoms with van der Waals surface area (Å²) in [6.07, 6.45) is 3.90. The van der Waals surface area contributed by atoms with Gasteiger partial charge in [-0.1, -0.05) is 12.1 Å². The highest BCUT2D eigenvalue weighted by molar-refractivity contribution is 5.82. The molecule has 6 heteroatoms. The number of ether oxygens (including phenoxy) is 2. The number of aromatic nitrogens is 2. The van der Waals surface area contributed by atoms with Crippen LogP contribution in [0.15, 0.2) is 30.6 Å². The summed E-state index contributed by atoms with van der Waals surface area (Å²) in [5.74, 6) is -0.579. The lowest BCUT2D eigenvalue weighted by Gasteiger charge is -2.35. The third-order valence-electron chi connectivity index (χ3n) is 4.66. The minimum atomic E-state index is -1.15. The van der Waals surface area contributed by atoms with Crippen LogP contribution in [0.1, 0.15) is 19.3 Å². The molecule has 2 heterocycles. The van der Waals surface area contributed by atoms with Gasteiger partial charge in [-0.3, -0.25) is 0 Å². The summed E-state index contributed by atoms with van der Waals surface area (Å²) in [5.41, 5.74) is 0.465. The van der Waals surface area contributed by atoms with Gasteiger partial charge in [0.1, 0.15) is 0 Å². The highest BCUT2D eigenvalue weighted by Crippen LogP contribution is 2.34. The molecule has 1 saturated heterocycles. The molecule has 1 aliphatic rings. The highest BCUT2D eigenvalue weighted by atomic mass is 16.5. The van der Waals surface area contributed by atoms with Gasteiger partial charge < -0.3 is 19.1 Å². The molecule has 1 aromatic carbocycles. The molecule has 0 radical (unpaired) electrons. The summed E-state index contributed by atoms with van der Waals surface area (Å²) in [5, 5.41) is 10.1. The van der Waals surface area contributed by atoms with Gasteiger partial charge in [-0.05, 0) is 37.3 Å². The van der Waals surface area contributed by atoms with Crippen molar-refractivity contribution >= 4 is 17.0 Å². The number of carboxylic acid groups (broad SMARTS) is 1. The van der Waals surface area contributed by atoms with Crippen LogP contribution in [-0.2, 0) is 19.8 Å². The number of methoxy groups -OCH3 is 1. The first kappa shape index (κ1) is 16.0. The summed E-state index contributed by atoms with van der Waals surface area (Å²) >= 11 is 0. The Morgan fingerprint density at radius 2 is 2.17 bits per heavy atom. The van der Waals surface area contributed by atoms with Crippen LogP contribution in [0.5, 0.6) is 0 Å². The molecule has 1 aromatic heterocycles. The molecule has 1 fully saturated rings. The average molecular weight is 318 g/mol. The van der Waals surface area contributed by atoms with E-state index in [1.165, 1.54) is 0 Å². The summed E-state index contributed by atoms with van der Waals surface area (Å²) in [4.78, 5) is 16.6. The van der Waals surface area contributed by atoms with Gasteiger partial charge in [-0.2, -0.15) is 0 Å². The second-order valence-corrected chi connectivity index (χ2v) is 6.13. The Labute approximate surface area is 135 Å². The Morgan fingerprint density at radius 1 is 1.43 bits per heavy atom. The molecular formula is C17H22N2O4. The Balaban J connectivity index is 2.04. The van der Waals surface area contributed by atoms with Crippen molar-refractivity contribution in [3.63, 3.8) is 0 Å². The quantitative estimate of drug-likeness (QED) is 0.884. The fourth-order valence-corrected chi connectivity index (χ4v) is 3.45. The van der Waals surface area contributed by atoms with Gasteiger partial charge in [-0.15, -0.1) is 0 Å². The number of para-hydroxylation sites is 2. The summed E-state index contributed by atoms with van der Waals surface area (Å²) in [6.45, 7) is 1.50. The number of nitrogens with zero attached hydrogens (tertiary/aromatic N) is 2. The molecule has 1 unspecified atom stereocenters. The van der Waals surface area contributed by atoms with Crippen molar-refractivity contribution in [1.29, 1.82) is 0 Å². The molecule has 1 N–H and O–H groups in total. The van der Waals surface area contributed by atoms with Gasteiger partial charge in [0.05, 0.1) is 24.0 Å². The largest absolute Gasteiger partial charge is 0.479 e. The SMILES string of the molecule is COCC(CC1CCOCC1)(C(=O)O)n1cnc2ccccc21. The number of fused-ring (bicyclic) bond motifs is 1. The molecule has 23 heavy (non-hydrogen) atoms. The fraction of sp³-hybridized carbons (Fsp3) is 0.529. The van der Waals surface area contributed by atoms with Crippen LogP contribution in [0, 0.1) is 5.92 Å². The van der Waals surface area contributed by atoms with Crippen molar-refractivity contribution < 1.29 is 19.4 Å². The Morgan fingerprint density at radius 3 is 2.87 bits per heavy atom. The van der Waals surface area contributed by atoms with E-state index in [0.717, 1.165) is 23.9 Å². The minimum absolute atomic E-state index is 0.111. The lowest BCUT2D eigenvalue weighted by Crippen LogP contribution is -2.47. The molecule has 2 aromatic rings. The van der Waals surface area contributed by atoms with Crippen molar-refractivity contribution in [1.82, 2.24) is 9.55 Å². The minimum Gasteiger partial charge on any atom is -0.479 e. The lowest BCUT2D eigenvalue weighted by molar-refractivity contribution is -0.152. The van der Waals surface area contributed by atoms with Gasteiger partial charge in [0.15, 0.2) is 5.54 Å². The van der Waals surface area contributed by atoms with Gasteiger partial charge >= 0.3 is 5.97 Å². The summed E-state index contributed by atoms with van der Waals surface area (Å²) in [6, 6.07) is 7.59. The van der Waals surface area contributed by atoms with E-state index in [-0.39, 0.29) is 6.61 Å². The zero-order valence-corrected chi connectivity index (χ0v) is 13.3. The molecule has 0 amide bonds. The number of imidazole rings is 1. The van der Waals surface area contributed by atoms with Gasteiger partial charge in [0, 0.05) is 20.3 Å². The van der Waals surface area contributed by atoms with E-state index in [9.17, 15) is 9.90 Å². The Bertz CT molecular complexity index is 678. The van der Waals surface area contributed by atoms with E-state index >= 15 is 0 Å². The van der Waals surface area contributed by atoms with Crippen molar-refractivity contribution in [3.8, 4) is 0 Å². The second-order valence-electron chi connectivity index (χ2n) is 6.13. The predicted octanol–water partition coefficient (Wildman–Crippen LogP) is 2.28. The van der Waals surface area contributed by atoms with E-state index in [1.807, 2.05) is 24.3 Å². The number of hydrogen-bond donors (Lipinski definition) is 1. The van der Waals surface area contributed by atoms with E-state index in [4.69, 9.17) is 9.47 Å². The third-order valence-corrected chi connectivity index (χ3v) is 4.66. The first-order chi connectivity index (χ1) is 11.2. The van der Waals surface area contributed by atoms with Crippen LogP contribution >= 0.6 is 0 Å². The second kappa shape index (κ2) is 6.68. The van der Waals surface area contributed by atoms with Crippen LogP contribution in [-0.4, -0.2) is 47.6 Å². The van der Waals surface area contributed by atoms with Crippen molar-refractivity contribution in [2.75, 3.05) is 26.9 Å². The lowest BCUT2D eigenvalue weighted by atomic mass is 9.83. The Hall–Kier alpha value is -1.92. The van der Waals surface area contributed by atoms with Crippen molar-refractivity contribution in [2.45, 2.75) is 24.8 Å². The maximum absolute atomic E-state index is 12.3. The molecular weight excluding hydrogens is 296 g/mol. The topological polar surface area (TPSA) is 73.6 Å². The van der Waals surface area contributed by atoms with E-state index in [2.05, 4.69) is 4.98 Å². The van der Waals surface area contributed by atoms with Crippen molar-refractivity contribution in [2.24, 2.45) is 5.92 Å². The molecule has 0 aliphatic carbocycles. The fourth-order valence-electron chi connectivity index (χ4n) is 3.45. The third kappa shape index (κ3) is 2.96. The van der Waals surface area contributed by atoms with Crippen LogP contribution in [0.3, 0.4) is 0 Å². The zero-order valence-electron chi connectivity index (χ0n) is 13.3. The van der Waals surface area contributed by atoms with Crippen LogP contribution in [0.25, 0.3) is 11.0 Å². The molecule has 0 spiro atoms. The van der Waals surface area contributed by atoms with Crippen LogP contribution in [0.2, 0.25) is 0 Å². The maximum atomic E-state index is 12.3. The Kier molecular flexibility index (Phi) is 4.63. The normalized spacial score (nSPS) is 18.8. The monoisotopic (exact) mass is 318 g/mol. The van der Waals surface area contributed by atoms with E-state index < -0.39 is 11.5 Å². The number of carboxylic acids is 1. The smallest absolute Gasteiger partial charge is 0.332 e. The molecule has 0 bridgehead atoms. The summed E-state index contributed by atoms with van der Waals surface area (Å²) in [7, 11) is 1.54.